The van der Waals surface area contributed by atoms with E-state index in [9.17, 15) is 4.79 Å². The zero-order chi connectivity index (χ0) is 15.0. The molecule has 1 aliphatic heterocycles. The molecule has 126 valence electrons. The third kappa shape index (κ3) is 7.45. The molecule has 0 saturated carbocycles. The zero-order valence-electron chi connectivity index (χ0n) is 13.7. The Balaban J connectivity index is 0.00000400. The minimum Gasteiger partial charge on any atom is -0.385 e. The van der Waals surface area contributed by atoms with Crippen molar-refractivity contribution >= 4 is 18.3 Å². The molecule has 6 heteroatoms. The van der Waals surface area contributed by atoms with Crippen LogP contribution in [0.4, 0.5) is 0 Å². The molecule has 1 saturated heterocycles. The highest BCUT2D eigenvalue weighted by atomic mass is 35.5. The lowest BCUT2D eigenvalue weighted by atomic mass is 9.95. The summed E-state index contributed by atoms with van der Waals surface area (Å²) in [7, 11) is 1.74. The first-order valence-electron chi connectivity index (χ1n) is 7.80. The molecule has 1 fully saturated rings. The molecule has 1 heterocycles. The average molecular weight is 322 g/mol. The number of hydrogen-bond acceptors (Lipinski definition) is 4. The van der Waals surface area contributed by atoms with E-state index in [-0.39, 0.29) is 24.4 Å². The Kier molecular flexibility index (Phi) is 10.2. The number of halogens is 1. The molecule has 0 radical (unpaired) electrons. The number of likely N-dealkylation sites (tertiary alicyclic amines) is 1. The fraction of sp³-hybridized carbons (Fsp3) is 0.933. The number of amides is 1. The van der Waals surface area contributed by atoms with Crippen molar-refractivity contribution in [2.45, 2.75) is 57.5 Å². The van der Waals surface area contributed by atoms with E-state index < -0.39 is 5.54 Å². The molecule has 21 heavy (non-hydrogen) atoms. The van der Waals surface area contributed by atoms with Crippen LogP contribution in [0.2, 0.25) is 0 Å². The summed E-state index contributed by atoms with van der Waals surface area (Å²) in [6.07, 6.45) is 4.76. The Morgan fingerprint density at radius 1 is 1.43 bits per heavy atom. The Morgan fingerprint density at radius 2 is 2.05 bits per heavy atom. The first-order valence-corrected chi connectivity index (χ1v) is 7.80. The van der Waals surface area contributed by atoms with Crippen LogP contribution in [-0.4, -0.2) is 55.7 Å². The van der Waals surface area contributed by atoms with Crippen molar-refractivity contribution in [3.05, 3.63) is 0 Å². The van der Waals surface area contributed by atoms with Crippen LogP contribution in [0.3, 0.4) is 0 Å². The highest BCUT2D eigenvalue weighted by molar-refractivity contribution is 5.86. The maximum Gasteiger partial charge on any atom is 0.240 e. The molecule has 0 spiro atoms. The minimum atomic E-state index is -0.732. The molecule has 1 unspecified atom stereocenters. The van der Waals surface area contributed by atoms with Crippen molar-refractivity contribution in [3.63, 3.8) is 0 Å². The summed E-state index contributed by atoms with van der Waals surface area (Å²) in [5.74, 6) is -0.00261. The van der Waals surface area contributed by atoms with Gasteiger partial charge in [-0.3, -0.25) is 4.79 Å². The molecule has 1 aliphatic rings. The van der Waals surface area contributed by atoms with Gasteiger partial charge in [0.25, 0.3) is 0 Å². The van der Waals surface area contributed by atoms with Gasteiger partial charge in [0.15, 0.2) is 0 Å². The van der Waals surface area contributed by atoms with E-state index in [1.165, 1.54) is 0 Å². The fourth-order valence-corrected chi connectivity index (χ4v) is 2.72. The molecule has 1 amide bonds. The number of carbonyl (C=O) groups excluding carboxylic acids is 1. The number of nitrogens with two attached hydrogens (primary N) is 1. The summed E-state index contributed by atoms with van der Waals surface area (Å²) < 4.78 is 5.07. The summed E-state index contributed by atoms with van der Waals surface area (Å²) in [5.41, 5.74) is 5.33. The molecule has 0 bridgehead atoms. The van der Waals surface area contributed by atoms with Crippen LogP contribution >= 0.6 is 12.4 Å². The topological polar surface area (TPSA) is 67.6 Å². The quantitative estimate of drug-likeness (QED) is 0.666. The minimum absolute atomic E-state index is 0. The number of carbonyl (C=O) groups is 1. The number of methoxy groups -OCH3 is 1. The van der Waals surface area contributed by atoms with Crippen LogP contribution in [0.1, 0.15) is 46.0 Å². The highest BCUT2D eigenvalue weighted by Gasteiger charge is 2.30. The second kappa shape index (κ2) is 10.4. The van der Waals surface area contributed by atoms with E-state index in [0.29, 0.717) is 0 Å². The van der Waals surface area contributed by atoms with Gasteiger partial charge in [-0.05, 0) is 32.6 Å². The van der Waals surface area contributed by atoms with Gasteiger partial charge in [0, 0.05) is 39.4 Å². The van der Waals surface area contributed by atoms with E-state index >= 15 is 0 Å². The first-order chi connectivity index (χ1) is 9.49. The van der Waals surface area contributed by atoms with Crippen LogP contribution in [0.15, 0.2) is 0 Å². The van der Waals surface area contributed by atoms with E-state index in [2.05, 4.69) is 17.1 Å². The normalized spacial score (nSPS) is 19.6. The lowest BCUT2D eigenvalue weighted by Crippen LogP contribution is -2.55. The third-order valence-electron chi connectivity index (χ3n) is 4.03. The summed E-state index contributed by atoms with van der Waals surface area (Å²) in [5, 5.41) is 3.12. The molecular formula is C15H32ClN3O2. The van der Waals surface area contributed by atoms with Crippen molar-refractivity contribution in [3.8, 4) is 0 Å². The molecule has 0 aromatic heterocycles. The second-order valence-electron chi connectivity index (χ2n) is 6.10. The Hall–Kier alpha value is -0.360. The van der Waals surface area contributed by atoms with Gasteiger partial charge in [0.1, 0.15) is 0 Å². The van der Waals surface area contributed by atoms with E-state index in [4.69, 9.17) is 10.5 Å². The summed E-state index contributed by atoms with van der Waals surface area (Å²) >= 11 is 0. The van der Waals surface area contributed by atoms with Crippen molar-refractivity contribution in [2.75, 3.05) is 33.4 Å². The molecule has 1 atom stereocenters. The monoisotopic (exact) mass is 321 g/mol. The highest BCUT2D eigenvalue weighted by Crippen LogP contribution is 2.14. The van der Waals surface area contributed by atoms with Crippen molar-refractivity contribution in [2.24, 2.45) is 5.73 Å². The van der Waals surface area contributed by atoms with Crippen LogP contribution in [0.5, 0.6) is 0 Å². The van der Waals surface area contributed by atoms with Crippen LogP contribution in [0, 0.1) is 0 Å². The largest absolute Gasteiger partial charge is 0.385 e. The Morgan fingerprint density at radius 3 is 2.57 bits per heavy atom. The second-order valence-corrected chi connectivity index (χ2v) is 6.10. The van der Waals surface area contributed by atoms with Gasteiger partial charge in [0.05, 0.1) is 5.54 Å². The molecule has 0 aliphatic carbocycles. The maximum atomic E-state index is 12.1. The number of nitrogens with zero attached hydrogens (tertiary/aromatic N) is 1. The lowest BCUT2D eigenvalue weighted by Gasteiger charge is -2.34. The zero-order valence-corrected chi connectivity index (χ0v) is 14.5. The number of piperidine rings is 1. The molecular weight excluding hydrogens is 290 g/mol. The molecule has 0 aromatic rings. The number of nitrogens with one attached hydrogen (secondary N) is 1. The lowest BCUT2D eigenvalue weighted by molar-refractivity contribution is -0.127. The van der Waals surface area contributed by atoms with E-state index in [0.717, 1.165) is 58.3 Å². The third-order valence-corrected chi connectivity index (χ3v) is 4.03. The van der Waals surface area contributed by atoms with Gasteiger partial charge in [-0.2, -0.15) is 0 Å². The number of hydrogen-bond donors (Lipinski definition) is 2. The van der Waals surface area contributed by atoms with Gasteiger partial charge in [-0.1, -0.05) is 13.3 Å². The first kappa shape index (κ1) is 20.6. The Bertz CT molecular complexity index is 293. The molecule has 1 rings (SSSR count). The van der Waals surface area contributed by atoms with Crippen molar-refractivity contribution in [1.29, 1.82) is 0 Å². The molecule has 3 N–H and O–H groups in total. The van der Waals surface area contributed by atoms with Crippen LogP contribution < -0.4 is 11.1 Å². The van der Waals surface area contributed by atoms with Crippen LogP contribution in [-0.2, 0) is 9.53 Å². The standard InChI is InChI=1S/C15H31N3O2.ClH/c1-4-8-15(2,16)14(19)17-13-6-10-18(11-7-13)9-5-12-20-3;/h13H,4-12,16H2,1-3H3,(H,17,19);1H. The van der Waals surface area contributed by atoms with Gasteiger partial charge in [0.2, 0.25) is 5.91 Å². The van der Waals surface area contributed by atoms with Crippen molar-refractivity contribution in [1.82, 2.24) is 10.2 Å². The van der Waals surface area contributed by atoms with E-state index in [1.807, 2.05) is 6.92 Å². The fourth-order valence-electron chi connectivity index (χ4n) is 2.72. The molecule has 5 nitrogen and oxygen atoms in total. The van der Waals surface area contributed by atoms with Gasteiger partial charge >= 0.3 is 0 Å². The SMILES string of the molecule is CCCC(C)(N)C(=O)NC1CCN(CCCOC)CC1.Cl. The average Bonchev–Trinajstić information content (AvgIpc) is 2.41. The van der Waals surface area contributed by atoms with Crippen molar-refractivity contribution < 1.29 is 9.53 Å². The predicted molar refractivity (Wildman–Crippen MR) is 88.8 cm³/mol. The van der Waals surface area contributed by atoms with Gasteiger partial charge in [-0.15, -0.1) is 12.4 Å². The summed E-state index contributed by atoms with van der Waals surface area (Å²) in [6, 6.07) is 0.279. The smallest absolute Gasteiger partial charge is 0.240 e. The van der Waals surface area contributed by atoms with Gasteiger partial charge < -0.3 is 20.7 Å². The number of rotatable bonds is 8. The predicted octanol–water partition coefficient (Wildman–Crippen LogP) is 1.54. The van der Waals surface area contributed by atoms with Crippen LogP contribution in [0.25, 0.3) is 0 Å². The summed E-state index contributed by atoms with van der Waals surface area (Å²) in [4.78, 5) is 14.6. The maximum absolute atomic E-state index is 12.1. The van der Waals surface area contributed by atoms with E-state index in [1.54, 1.807) is 7.11 Å². The summed E-state index contributed by atoms with van der Waals surface area (Å²) in [6.45, 7) is 7.87. The number of ether oxygens (including phenoxy) is 1. The van der Waals surface area contributed by atoms with Gasteiger partial charge in [-0.25, -0.2) is 0 Å². The molecule has 0 aromatic carbocycles. The Labute approximate surface area is 135 Å².